The van der Waals surface area contributed by atoms with Crippen LogP contribution < -0.4 is 4.90 Å². The van der Waals surface area contributed by atoms with Crippen molar-refractivity contribution in [2.45, 2.75) is 19.4 Å². The molecular formula is C15H21N3O2. The summed E-state index contributed by atoms with van der Waals surface area (Å²) < 4.78 is 0. The largest absolute Gasteiger partial charge is 0.481 e. The van der Waals surface area contributed by atoms with Crippen LogP contribution in [0.15, 0.2) is 24.3 Å². The third-order valence-electron chi connectivity index (χ3n) is 3.23. The van der Waals surface area contributed by atoms with E-state index in [0.29, 0.717) is 13.1 Å². The first-order chi connectivity index (χ1) is 9.49. The van der Waals surface area contributed by atoms with Crippen LogP contribution in [0, 0.1) is 11.3 Å². The normalized spacial score (nSPS) is 11.9. The number of nitriles is 1. The Labute approximate surface area is 120 Å². The van der Waals surface area contributed by atoms with E-state index in [2.05, 4.69) is 6.07 Å². The molecule has 0 aliphatic rings. The molecule has 0 fully saturated rings. The number of hydrogen-bond acceptors (Lipinski definition) is 4. The van der Waals surface area contributed by atoms with Crippen molar-refractivity contribution in [2.24, 2.45) is 0 Å². The Kier molecular flexibility index (Phi) is 6.01. The van der Waals surface area contributed by atoms with Crippen molar-refractivity contribution < 1.29 is 9.90 Å². The van der Waals surface area contributed by atoms with Gasteiger partial charge in [-0.25, -0.2) is 0 Å². The van der Waals surface area contributed by atoms with Crippen LogP contribution in [0.1, 0.15) is 24.9 Å². The highest BCUT2D eigenvalue weighted by Crippen LogP contribution is 2.22. The second-order valence-corrected chi connectivity index (χ2v) is 4.79. The van der Waals surface area contributed by atoms with Gasteiger partial charge in [0, 0.05) is 26.3 Å². The third-order valence-corrected chi connectivity index (χ3v) is 3.23. The van der Waals surface area contributed by atoms with Crippen molar-refractivity contribution in [1.82, 2.24) is 4.90 Å². The van der Waals surface area contributed by atoms with Gasteiger partial charge in [0.1, 0.15) is 6.04 Å². The fourth-order valence-corrected chi connectivity index (χ4v) is 2.03. The van der Waals surface area contributed by atoms with Crippen LogP contribution in [0.3, 0.4) is 0 Å². The van der Waals surface area contributed by atoms with Crippen molar-refractivity contribution >= 4 is 11.7 Å². The van der Waals surface area contributed by atoms with E-state index in [4.69, 9.17) is 5.11 Å². The maximum atomic E-state index is 10.7. The number of carboxylic acids is 1. The maximum absolute atomic E-state index is 10.7. The second kappa shape index (κ2) is 7.51. The molecule has 108 valence electrons. The van der Waals surface area contributed by atoms with E-state index in [0.717, 1.165) is 11.3 Å². The van der Waals surface area contributed by atoms with Crippen molar-refractivity contribution in [3.05, 3.63) is 29.8 Å². The Morgan fingerprint density at radius 1 is 1.35 bits per heavy atom. The summed E-state index contributed by atoms with van der Waals surface area (Å²) in [5.74, 6) is -0.844. The average Bonchev–Trinajstić information content (AvgIpc) is 2.43. The van der Waals surface area contributed by atoms with Crippen molar-refractivity contribution in [3.8, 4) is 6.07 Å². The van der Waals surface area contributed by atoms with Gasteiger partial charge < -0.3 is 10.0 Å². The lowest BCUT2D eigenvalue weighted by molar-refractivity contribution is -0.137. The third kappa shape index (κ3) is 4.25. The summed E-state index contributed by atoms with van der Waals surface area (Å²) in [6, 6.07) is 9.63. The van der Waals surface area contributed by atoms with Crippen LogP contribution in [0.5, 0.6) is 0 Å². The Morgan fingerprint density at radius 2 is 1.95 bits per heavy atom. The van der Waals surface area contributed by atoms with E-state index >= 15 is 0 Å². The Hall–Kier alpha value is -2.06. The molecule has 0 heterocycles. The zero-order valence-corrected chi connectivity index (χ0v) is 12.2. The van der Waals surface area contributed by atoms with E-state index in [9.17, 15) is 10.1 Å². The predicted octanol–water partition coefficient (Wildman–Crippen LogP) is 2.11. The summed E-state index contributed by atoms with van der Waals surface area (Å²) in [6.07, 6.45) is 0.0435. The highest BCUT2D eigenvalue weighted by atomic mass is 16.4. The second-order valence-electron chi connectivity index (χ2n) is 4.79. The Balaban J connectivity index is 2.87. The van der Waals surface area contributed by atoms with Gasteiger partial charge in [0.25, 0.3) is 0 Å². The first kappa shape index (κ1) is 16.0. The summed E-state index contributed by atoms with van der Waals surface area (Å²) >= 11 is 0. The summed E-state index contributed by atoms with van der Waals surface area (Å²) in [7, 11) is 3.92. The molecule has 0 aromatic heterocycles. The standard InChI is InChI=1S/C15H21N3O2/c1-4-18(10-9-15(19)20)14(11-16)12-5-7-13(8-6-12)17(2)3/h5-8,14H,4,9-10H2,1-3H3,(H,19,20). The molecule has 1 aromatic carbocycles. The lowest BCUT2D eigenvalue weighted by Crippen LogP contribution is -2.30. The molecule has 0 saturated carbocycles. The smallest absolute Gasteiger partial charge is 0.304 e. The number of anilines is 1. The first-order valence-electron chi connectivity index (χ1n) is 6.62. The van der Waals surface area contributed by atoms with E-state index in [1.54, 1.807) is 0 Å². The number of rotatable bonds is 7. The van der Waals surface area contributed by atoms with Crippen LogP contribution in [0.2, 0.25) is 0 Å². The molecule has 1 rings (SSSR count). The summed E-state index contributed by atoms with van der Waals surface area (Å²) in [5, 5.41) is 18.1. The quantitative estimate of drug-likeness (QED) is 0.825. The number of hydrogen-bond donors (Lipinski definition) is 1. The molecule has 0 bridgehead atoms. The van der Waals surface area contributed by atoms with Crippen molar-refractivity contribution in [1.29, 1.82) is 5.26 Å². The van der Waals surface area contributed by atoms with Gasteiger partial charge in [0.2, 0.25) is 0 Å². The van der Waals surface area contributed by atoms with E-state index < -0.39 is 12.0 Å². The molecule has 0 aliphatic carbocycles. The molecule has 5 nitrogen and oxygen atoms in total. The summed E-state index contributed by atoms with van der Waals surface area (Å²) in [5.41, 5.74) is 1.96. The fraction of sp³-hybridized carbons (Fsp3) is 0.467. The molecule has 20 heavy (non-hydrogen) atoms. The molecule has 1 N–H and O–H groups in total. The van der Waals surface area contributed by atoms with Gasteiger partial charge in [-0.2, -0.15) is 5.26 Å². The highest BCUT2D eigenvalue weighted by molar-refractivity contribution is 5.66. The van der Waals surface area contributed by atoms with Gasteiger partial charge in [-0.15, -0.1) is 0 Å². The van der Waals surface area contributed by atoms with Crippen molar-refractivity contribution in [3.63, 3.8) is 0 Å². The average molecular weight is 275 g/mol. The van der Waals surface area contributed by atoms with Crippen LogP contribution >= 0.6 is 0 Å². The lowest BCUT2D eigenvalue weighted by Gasteiger charge is -2.25. The maximum Gasteiger partial charge on any atom is 0.304 e. The molecule has 0 radical (unpaired) electrons. The summed E-state index contributed by atoms with van der Waals surface area (Å²) in [4.78, 5) is 14.5. The zero-order valence-electron chi connectivity index (χ0n) is 12.2. The molecule has 0 saturated heterocycles. The monoisotopic (exact) mass is 275 g/mol. The molecule has 5 heteroatoms. The molecule has 1 aromatic rings. The molecule has 1 atom stereocenters. The highest BCUT2D eigenvalue weighted by Gasteiger charge is 2.19. The van der Waals surface area contributed by atoms with Gasteiger partial charge in [0.05, 0.1) is 12.5 Å². The lowest BCUT2D eigenvalue weighted by atomic mass is 10.1. The molecule has 0 amide bonds. The van der Waals surface area contributed by atoms with E-state index in [-0.39, 0.29) is 6.42 Å². The number of aliphatic carboxylic acids is 1. The number of benzene rings is 1. The van der Waals surface area contributed by atoms with Crippen LogP contribution in [0.25, 0.3) is 0 Å². The van der Waals surface area contributed by atoms with Crippen LogP contribution in [0.4, 0.5) is 5.69 Å². The van der Waals surface area contributed by atoms with Gasteiger partial charge in [0.15, 0.2) is 0 Å². The molecule has 1 unspecified atom stereocenters. The van der Waals surface area contributed by atoms with E-state index in [1.807, 2.05) is 55.1 Å². The first-order valence-corrected chi connectivity index (χ1v) is 6.62. The minimum Gasteiger partial charge on any atom is -0.481 e. The minimum atomic E-state index is -0.844. The Bertz CT molecular complexity index is 477. The summed E-state index contributed by atoms with van der Waals surface area (Å²) in [6.45, 7) is 2.95. The fourth-order valence-electron chi connectivity index (χ4n) is 2.03. The van der Waals surface area contributed by atoms with Gasteiger partial charge in [-0.05, 0) is 24.2 Å². The van der Waals surface area contributed by atoms with Gasteiger partial charge >= 0.3 is 5.97 Å². The topological polar surface area (TPSA) is 67.6 Å². The zero-order chi connectivity index (χ0) is 15.1. The minimum absolute atomic E-state index is 0.0435. The van der Waals surface area contributed by atoms with E-state index in [1.165, 1.54) is 0 Å². The van der Waals surface area contributed by atoms with Crippen LogP contribution in [-0.4, -0.2) is 43.2 Å². The number of carboxylic acid groups (broad SMARTS) is 1. The molecule has 0 aliphatic heterocycles. The molecular weight excluding hydrogens is 254 g/mol. The van der Waals surface area contributed by atoms with Crippen molar-refractivity contribution in [2.75, 3.05) is 32.1 Å². The van der Waals surface area contributed by atoms with Gasteiger partial charge in [-0.3, -0.25) is 9.69 Å². The molecule has 0 spiro atoms. The van der Waals surface area contributed by atoms with Crippen LogP contribution in [-0.2, 0) is 4.79 Å². The number of nitrogens with zero attached hydrogens (tertiary/aromatic N) is 3. The Morgan fingerprint density at radius 3 is 2.35 bits per heavy atom. The predicted molar refractivity (Wildman–Crippen MR) is 78.6 cm³/mol. The number of carbonyl (C=O) groups is 1. The SMILES string of the molecule is CCN(CCC(=O)O)C(C#N)c1ccc(N(C)C)cc1. The van der Waals surface area contributed by atoms with Gasteiger partial charge in [-0.1, -0.05) is 19.1 Å².